The summed E-state index contributed by atoms with van der Waals surface area (Å²) < 4.78 is 6.08. The first-order valence-corrected chi connectivity index (χ1v) is 8.93. The molecule has 3 atom stereocenters. The van der Waals surface area contributed by atoms with Crippen LogP contribution in [0.1, 0.15) is 48.9 Å². The summed E-state index contributed by atoms with van der Waals surface area (Å²) in [5, 5.41) is 3.82. The molecule has 0 bridgehead atoms. The summed E-state index contributed by atoms with van der Waals surface area (Å²) >= 11 is 0. The van der Waals surface area contributed by atoms with Crippen LogP contribution in [-0.4, -0.2) is 6.10 Å². The van der Waals surface area contributed by atoms with Crippen molar-refractivity contribution in [1.29, 1.82) is 0 Å². The van der Waals surface area contributed by atoms with Crippen molar-refractivity contribution in [3.63, 3.8) is 0 Å². The van der Waals surface area contributed by atoms with Crippen molar-refractivity contribution in [1.82, 2.24) is 0 Å². The molecule has 0 radical (unpaired) electrons. The van der Waals surface area contributed by atoms with Crippen LogP contribution in [0.15, 0.2) is 54.6 Å². The number of hydrogen-bond donors (Lipinski definition) is 1. The Hall–Kier alpha value is -2.22. The molecule has 0 saturated carbocycles. The number of benzene rings is 2. The summed E-state index contributed by atoms with van der Waals surface area (Å²) in [5.41, 5.74) is 5.23. The summed E-state index contributed by atoms with van der Waals surface area (Å²) in [6, 6.07) is 15.7. The van der Waals surface area contributed by atoms with E-state index in [1.165, 1.54) is 22.4 Å². The van der Waals surface area contributed by atoms with E-state index in [4.69, 9.17) is 4.74 Å². The molecule has 2 aromatic carbocycles. The van der Waals surface area contributed by atoms with Gasteiger partial charge in [0.05, 0.1) is 17.8 Å². The maximum Gasteiger partial charge on any atom is 0.143 e. The highest BCUT2D eigenvalue weighted by molar-refractivity contribution is 5.67. The summed E-state index contributed by atoms with van der Waals surface area (Å²) in [6.45, 7) is 6.33. The van der Waals surface area contributed by atoms with Gasteiger partial charge in [-0.15, -0.1) is 0 Å². The second-order valence-electron chi connectivity index (χ2n) is 7.28. The molecular formula is C22H25NO. The molecule has 24 heavy (non-hydrogen) atoms. The number of ether oxygens (including phenoxy) is 1. The molecule has 1 heterocycles. The van der Waals surface area contributed by atoms with Crippen LogP contribution < -0.4 is 10.1 Å². The highest BCUT2D eigenvalue weighted by Gasteiger charge is 2.39. The number of para-hydroxylation sites is 1. The van der Waals surface area contributed by atoms with Gasteiger partial charge in [0.25, 0.3) is 0 Å². The molecule has 0 amide bonds. The zero-order valence-corrected chi connectivity index (χ0v) is 14.6. The van der Waals surface area contributed by atoms with Crippen LogP contribution in [0.4, 0.5) is 5.69 Å². The van der Waals surface area contributed by atoms with Crippen molar-refractivity contribution in [2.45, 2.75) is 45.3 Å². The van der Waals surface area contributed by atoms with Crippen LogP contribution in [0, 0.1) is 12.8 Å². The molecule has 4 rings (SSSR count). The molecule has 0 saturated heterocycles. The van der Waals surface area contributed by atoms with Crippen molar-refractivity contribution in [3.05, 3.63) is 71.3 Å². The van der Waals surface area contributed by atoms with Gasteiger partial charge in [0.2, 0.25) is 0 Å². The Bertz CT molecular complexity index is 777. The molecule has 1 aliphatic heterocycles. The van der Waals surface area contributed by atoms with Gasteiger partial charge in [0, 0.05) is 5.92 Å². The summed E-state index contributed by atoms with van der Waals surface area (Å²) in [5.74, 6) is 2.02. The Labute approximate surface area is 144 Å². The van der Waals surface area contributed by atoms with E-state index in [0.717, 1.165) is 12.2 Å². The third kappa shape index (κ3) is 2.60. The third-order valence-corrected chi connectivity index (χ3v) is 5.12. The van der Waals surface area contributed by atoms with Crippen LogP contribution in [-0.2, 0) is 0 Å². The minimum atomic E-state index is 0.174. The van der Waals surface area contributed by atoms with E-state index in [-0.39, 0.29) is 6.10 Å². The van der Waals surface area contributed by atoms with Crippen LogP contribution in [0.2, 0.25) is 0 Å². The number of hydrogen-bond acceptors (Lipinski definition) is 2. The zero-order chi connectivity index (χ0) is 16.7. The van der Waals surface area contributed by atoms with Gasteiger partial charge in [0.15, 0.2) is 0 Å². The van der Waals surface area contributed by atoms with Crippen LogP contribution in [0.25, 0.3) is 0 Å². The predicted octanol–water partition coefficient (Wildman–Crippen LogP) is 5.61. The molecule has 0 spiro atoms. The first-order valence-electron chi connectivity index (χ1n) is 8.93. The normalized spacial score (nSPS) is 24.4. The van der Waals surface area contributed by atoms with Crippen molar-refractivity contribution < 1.29 is 4.74 Å². The summed E-state index contributed by atoms with van der Waals surface area (Å²) in [4.78, 5) is 0. The molecule has 0 aromatic heterocycles. The second-order valence-corrected chi connectivity index (χ2v) is 7.28. The Morgan fingerprint density at radius 2 is 1.96 bits per heavy atom. The minimum Gasteiger partial charge on any atom is -0.489 e. The van der Waals surface area contributed by atoms with Gasteiger partial charge in [-0.3, -0.25) is 0 Å². The average Bonchev–Trinajstić information content (AvgIpc) is 3.04. The lowest BCUT2D eigenvalue weighted by atomic mass is 9.76. The number of anilines is 1. The second kappa shape index (κ2) is 6.01. The monoisotopic (exact) mass is 319 g/mol. The predicted molar refractivity (Wildman–Crippen MR) is 99.7 cm³/mol. The number of aryl methyl sites for hydroxylation is 1. The van der Waals surface area contributed by atoms with Gasteiger partial charge in [-0.25, -0.2) is 0 Å². The SMILES string of the molecule is Cc1cccc(C2Nc3c(OC(C)C)cccc3C3C=CCC32)c1. The molecule has 2 aliphatic rings. The summed E-state index contributed by atoms with van der Waals surface area (Å²) in [7, 11) is 0. The molecule has 0 fully saturated rings. The smallest absolute Gasteiger partial charge is 0.143 e. The van der Waals surface area contributed by atoms with E-state index in [2.05, 4.69) is 80.7 Å². The van der Waals surface area contributed by atoms with Crippen LogP contribution in [0.5, 0.6) is 5.75 Å². The maximum absolute atomic E-state index is 6.08. The first kappa shape index (κ1) is 15.3. The van der Waals surface area contributed by atoms with Gasteiger partial charge >= 0.3 is 0 Å². The van der Waals surface area contributed by atoms with E-state index in [1.54, 1.807) is 0 Å². The number of fused-ring (bicyclic) bond motifs is 3. The maximum atomic E-state index is 6.08. The first-order chi connectivity index (χ1) is 11.6. The van der Waals surface area contributed by atoms with E-state index in [9.17, 15) is 0 Å². The lowest BCUT2D eigenvalue weighted by molar-refractivity contribution is 0.242. The minimum absolute atomic E-state index is 0.174. The average molecular weight is 319 g/mol. The van der Waals surface area contributed by atoms with Gasteiger partial charge in [-0.2, -0.15) is 0 Å². The van der Waals surface area contributed by atoms with Gasteiger partial charge in [0.1, 0.15) is 5.75 Å². The molecule has 2 heteroatoms. The van der Waals surface area contributed by atoms with Gasteiger partial charge < -0.3 is 10.1 Å². The van der Waals surface area contributed by atoms with E-state index >= 15 is 0 Å². The van der Waals surface area contributed by atoms with Crippen molar-refractivity contribution in [3.8, 4) is 5.75 Å². The summed E-state index contributed by atoms with van der Waals surface area (Å²) in [6.07, 6.45) is 6.02. The van der Waals surface area contributed by atoms with Crippen LogP contribution in [0.3, 0.4) is 0 Å². The Balaban J connectivity index is 1.79. The molecule has 2 nitrogen and oxygen atoms in total. The topological polar surface area (TPSA) is 21.3 Å². The van der Waals surface area contributed by atoms with Crippen molar-refractivity contribution >= 4 is 5.69 Å². The molecule has 3 unspecified atom stereocenters. The van der Waals surface area contributed by atoms with Gasteiger partial charge in [-0.1, -0.05) is 54.1 Å². The highest BCUT2D eigenvalue weighted by Crippen LogP contribution is 2.52. The fraction of sp³-hybridized carbons (Fsp3) is 0.364. The fourth-order valence-corrected chi connectivity index (χ4v) is 4.14. The zero-order valence-electron chi connectivity index (χ0n) is 14.6. The highest BCUT2D eigenvalue weighted by atomic mass is 16.5. The lowest BCUT2D eigenvalue weighted by Crippen LogP contribution is -2.29. The molecule has 124 valence electrons. The number of rotatable bonds is 3. The fourth-order valence-electron chi connectivity index (χ4n) is 4.14. The van der Waals surface area contributed by atoms with Crippen molar-refractivity contribution in [2.75, 3.05) is 5.32 Å². The largest absolute Gasteiger partial charge is 0.489 e. The standard InChI is InChI=1S/C22H25NO/c1-14(2)24-20-12-6-11-19-17-9-5-10-18(17)21(23-22(19)20)16-8-4-7-15(3)13-16/h4-9,11-14,17-18,21,23H,10H2,1-3H3. The Morgan fingerprint density at radius 1 is 1.12 bits per heavy atom. The van der Waals surface area contributed by atoms with Crippen LogP contribution >= 0.6 is 0 Å². The quantitative estimate of drug-likeness (QED) is 0.743. The lowest BCUT2D eigenvalue weighted by Gasteiger charge is -2.38. The van der Waals surface area contributed by atoms with Crippen molar-refractivity contribution in [2.24, 2.45) is 5.92 Å². The molecule has 1 N–H and O–H groups in total. The van der Waals surface area contributed by atoms with Gasteiger partial charge in [-0.05, 0) is 50.3 Å². The number of allylic oxidation sites excluding steroid dienone is 2. The molecule has 2 aromatic rings. The molecule has 1 aliphatic carbocycles. The van der Waals surface area contributed by atoms with E-state index in [0.29, 0.717) is 17.9 Å². The Kier molecular flexibility index (Phi) is 3.84. The molecular weight excluding hydrogens is 294 g/mol. The third-order valence-electron chi connectivity index (χ3n) is 5.12. The number of nitrogens with one attached hydrogen (secondary N) is 1. The van der Waals surface area contributed by atoms with E-state index in [1.807, 2.05) is 0 Å². The van der Waals surface area contributed by atoms with E-state index < -0.39 is 0 Å². The Morgan fingerprint density at radius 3 is 2.75 bits per heavy atom.